The van der Waals surface area contributed by atoms with E-state index in [0.717, 1.165) is 7.11 Å². The van der Waals surface area contributed by atoms with Gasteiger partial charge < -0.3 is 9.84 Å². The molecule has 1 aromatic carbocycles. The standard InChI is InChI=1S/C11H10F2O3/c1-3-4-6-9(13)8(12)5-7(10(6)14)11(15)16-2/h3,5,14H,1,4H2,2H3. The van der Waals surface area contributed by atoms with Crippen molar-refractivity contribution in [1.82, 2.24) is 0 Å². The third kappa shape index (κ3) is 2.03. The largest absolute Gasteiger partial charge is 0.507 e. The Hall–Kier alpha value is -1.91. The predicted octanol–water partition coefficient (Wildman–Crippen LogP) is 2.19. The zero-order chi connectivity index (χ0) is 12.3. The van der Waals surface area contributed by atoms with Gasteiger partial charge in [-0.25, -0.2) is 13.6 Å². The number of allylic oxidation sites excluding steroid dienone is 1. The van der Waals surface area contributed by atoms with E-state index in [1.807, 2.05) is 0 Å². The van der Waals surface area contributed by atoms with Crippen LogP contribution in [0.15, 0.2) is 18.7 Å². The Labute approximate surface area is 91.0 Å². The molecule has 0 saturated carbocycles. The van der Waals surface area contributed by atoms with Crippen molar-refractivity contribution >= 4 is 5.97 Å². The maximum absolute atomic E-state index is 13.3. The van der Waals surface area contributed by atoms with Crippen LogP contribution in [0.25, 0.3) is 0 Å². The van der Waals surface area contributed by atoms with Crippen LogP contribution in [0.3, 0.4) is 0 Å². The second-order valence-corrected chi connectivity index (χ2v) is 3.03. The number of methoxy groups -OCH3 is 1. The van der Waals surface area contributed by atoms with Crippen LogP contribution in [0.2, 0.25) is 0 Å². The lowest BCUT2D eigenvalue weighted by atomic mass is 10.0. The molecule has 0 aliphatic heterocycles. The van der Waals surface area contributed by atoms with Crippen molar-refractivity contribution in [3.63, 3.8) is 0 Å². The zero-order valence-electron chi connectivity index (χ0n) is 8.59. The Morgan fingerprint density at radius 3 is 2.75 bits per heavy atom. The average Bonchev–Trinajstić information content (AvgIpc) is 2.28. The normalized spacial score (nSPS) is 9.94. The topological polar surface area (TPSA) is 46.5 Å². The maximum atomic E-state index is 13.3. The van der Waals surface area contributed by atoms with Crippen LogP contribution in [0.1, 0.15) is 15.9 Å². The molecule has 0 saturated heterocycles. The van der Waals surface area contributed by atoms with Crippen LogP contribution in [0.4, 0.5) is 8.78 Å². The Morgan fingerprint density at radius 1 is 1.62 bits per heavy atom. The van der Waals surface area contributed by atoms with Crippen molar-refractivity contribution in [3.8, 4) is 5.75 Å². The molecule has 1 N–H and O–H groups in total. The molecule has 0 radical (unpaired) electrons. The van der Waals surface area contributed by atoms with Crippen LogP contribution in [0.5, 0.6) is 5.75 Å². The minimum absolute atomic E-state index is 0.0839. The van der Waals surface area contributed by atoms with Crippen LogP contribution >= 0.6 is 0 Å². The molecule has 0 aliphatic carbocycles. The number of hydrogen-bond donors (Lipinski definition) is 1. The number of esters is 1. The van der Waals surface area contributed by atoms with Crippen LogP contribution in [-0.2, 0) is 11.2 Å². The van der Waals surface area contributed by atoms with E-state index in [2.05, 4.69) is 11.3 Å². The van der Waals surface area contributed by atoms with E-state index in [0.29, 0.717) is 6.07 Å². The highest BCUT2D eigenvalue weighted by molar-refractivity contribution is 5.92. The van der Waals surface area contributed by atoms with Crippen molar-refractivity contribution in [2.75, 3.05) is 7.11 Å². The lowest BCUT2D eigenvalue weighted by Crippen LogP contribution is -2.06. The summed E-state index contributed by atoms with van der Waals surface area (Å²) in [6.07, 6.45) is 1.21. The molecule has 0 fully saturated rings. The molecule has 1 aromatic rings. The number of phenols is 1. The fourth-order valence-electron chi connectivity index (χ4n) is 1.27. The molecular weight excluding hydrogens is 218 g/mol. The van der Waals surface area contributed by atoms with E-state index in [9.17, 15) is 18.7 Å². The number of phenolic OH excluding ortho intramolecular Hbond substituents is 1. The van der Waals surface area contributed by atoms with Gasteiger partial charge in [-0.1, -0.05) is 6.08 Å². The van der Waals surface area contributed by atoms with Crippen LogP contribution in [0, 0.1) is 11.6 Å². The smallest absolute Gasteiger partial charge is 0.341 e. The van der Waals surface area contributed by atoms with Gasteiger partial charge in [0, 0.05) is 5.56 Å². The van der Waals surface area contributed by atoms with Crippen LogP contribution in [-0.4, -0.2) is 18.2 Å². The predicted molar refractivity (Wildman–Crippen MR) is 53.3 cm³/mol. The third-order valence-corrected chi connectivity index (χ3v) is 2.04. The first-order chi connectivity index (χ1) is 7.52. The highest BCUT2D eigenvalue weighted by Gasteiger charge is 2.21. The van der Waals surface area contributed by atoms with Gasteiger partial charge in [-0.3, -0.25) is 0 Å². The summed E-state index contributed by atoms with van der Waals surface area (Å²) in [5.74, 6) is -3.95. The first kappa shape index (κ1) is 12.2. The molecule has 0 atom stereocenters. The summed E-state index contributed by atoms with van der Waals surface area (Å²) in [5, 5.41) is 9.57. The number of benzene rings is 1. The number of ether oxygens (including phenoxy) is 1. The van der Waals surface area contributed by atoms with Gasteiger partial charge >= 0.3 is 5.97 Å². The molecule has 86 valence electrons. The second kappa shape index (κ2) is 4.74. The van der Waals surface area contributed by atoms with Crippen molar-refractivity contribution in [1.29, 1.82) is 0 Å². The Balaban J connectivity index is 3.43. The molecule has 16 heavy (non-hydrogen) atoms. The summed E-state index contributed by atoms with van der Waals surface area (Å²) in [6, 6.07) is 0.600. The van der Waals surface area contributed by atoms with E-state index < -0.39 is 28.9 Å². The molecule has 0 amide bonds. The van der Waals surface area contributed by atoms with Gasteiger partial charge in [-0.15, -0.1) is 6.58 Å². The van der Waals surface area contributed by atoms with Crippen LogP contribution < -0.4 is 0 Å². The van der Waals surface area contributed by atoms with Gasteiger partial charge in [0.2, 0.25) is 0 Å². The van der Waals surface area contributed by atoms with E-state index in [-0.39, 0.29) is 12.0 Å². The summed E-state index contributed by atoms with van der Waals surface area (Å²) in [4.78, 5) is 11.2. The molecule has 0 aromatic heterocycles. The molecule has 1 rings (SSSR count). The van der Waals surface area contributed by atoms with E-state index in [1.54, 1.807) is 0 Å². The van der Waals surface area contributed by atoms with Gasteiger partial charge in [0.15, 0.2) is 11.6 Å². The molecule has 0 bridgehead atoms. The average molecular weight is 228 g/mol. The monoisotopic (exact) mass is 228 g/mol. The SMILES string of the molecule is C=CCc1c(O)c(C(=O)OC)cc(F)c1F. The first-order valence-electron chi connectivity index (χ1n) is 4.42. The highest BCUT2D eigenvalue weighted by Crippen LogP contribution is 2.28. The summed E-state index contributed by atoms with van der Waals surface area (Å²) < 4.78 is 30.7. The Bertz CT molecular complexity index is 441. The van der Waals surface area contributed by atoms with Crippen molar-refractivity contribution in [2.45, 2.75) is 6.42 Å². The number of carbonyl (C=O) groups is 1. The van der Waals surface area contributed by atoms with Crippen molar-refractivity contribution in [3.05, 3.63) is 41.5 Å². The summed E-state index contributed by atoms with van der Waals surface area (Å²) in [6.45, 7) is 3.35. The van der Waals surface area contributed by atoms with E-state index in [1.165, 1.54) is 6.08 Å². The molecule has 3 nitrogen and oxygen atoms in total. The Morgan fingerprint density at radius 2 is 2.25 bits per heavy atom. The quantitative estimate of drug-likeness (QED) is 0.637. The second-order valence-electron chi connectivity index (χ2n) is 3.03. The van der Waals surface area contributed by atoms with Crippen molar-refractivity contribution in [2.24, 2.45) is 0 Å². The van der Waals surface area contributed by atoms with E-state index >= 15 is 0 Å². The summed E-state index contributed by atoms with van der Waals surface area (Å²) in [5.41, 5.74) is -0.714. The fraction of sp³-hybridized carbons (Fsp3) is 0.182. The number of halogens is 2. The molecule has 0 unspecified atom stereocenters. The first-order valence-corrected chi connectivity index (χ1v) is 4.42. The molecule has 5 heteroatoms. The molecule has 0 heterocycles. The van der Waals surface area contributed by atoms with Gasteiger partial charge in [0.05, 0.1) is 7.11 Å². The van der Waals surface area contributed by atoms with E-state index in [4.69, 9.17) is 0 Å². The zero-order valence-corrected chi connectivity index (χ0v) is 8.59. The van der Waals surface area contributed by atoms with Gasteiger partial charge in [0.25, 0.3) is 0 Å². The molecule has 0 aliphatic rings. The third-order valence-electron chi connectivity index (χ3n) is 2.04. The lowest BCUT2D eigenvalue weighted by molar-refractivity contribution is 0.0596. The number of hydrogen-bond acceptors (Lipinski definition) is 3. The lowest BCUT2D eigenvalue weighted by Gasteiger charge is -2.09. The Kier molecular flexibility index (Phi) is 3.60. The minimum atomic E-state index is -1.21. The molecule has 0 spiro atoms. The summed E-state index contributed by atoms with van der Waals surface area (Å²) in [7, 11) is 1.08. The van der Waals surface area contributed by atoms with Gasteiger partial charge in [0.1, 0.15) is 11.3 Å². The van der Waals surface area contributed by atoms with Gasteiger partial charge in [-0.2, -0.15) is 0 Å². The maximum Gasteiger partial charge on any atom is 0.341 e. The fourth-order valence-corrected chi connectivity index (χ4v) is 1.27. The number of aromatic hydroxyl groups is 1. The molecular formula is C11H10F2O3. The van der Waals surface area contributed by atoms with Crippen molar-refractivity contribution < 1.29 is 23.4 Å². The number of carbonyl (C=O) groups excluding carboxylic acids is 1. The minimum Gasteiger partial charge on any atom is -0.507 e. The summed E-state index contributed by atoms with van der Waals surface area (Å²) >= 11 is 0. The number of rotatable bonds is 3. The highest BCUT2D eigenvalue weighted by atomic mass is 19.2. The van der Waals surface area contributed by atoms with Gasteiger partial charge in [-0.05, 0) is 12.5 Å².